The number of fused-ring (bicyclic) bond motifs is 4. The number of benzene rings is 2. The summed E-state index contributed by atoms with van der Waals surface area (Å²) >= 11 is 0. The number of hydrogen-bond donors (Lipinski definition) is 1. The van der Waals surface area contributed by atoms with Crippen LogP contribution < -0.4 is 9.64 Å². The zero-order valence-electron chi connectivity index (χ0n) is 32.7. The van der Waals surface area contributed by atoms with E-state index in [4.69, 9.17) is 14.7 Å². The van der Waals surface area contributed by atoms with Gasteiger partial charge in [0, 0.05) is 41.6 Å². The monoisotopic (exact) mass is 721 g/mol. The fraction of sp³-hybridized carbons (Fsp3) is 0.605. The minimum absolute atomic E-state index is 0.00324. The van der Waals surface area contributed by atoms with Crippen molar-refractivity contribution in [3.63, 3.8) is 0 Å². The number of rotatable bonds is 10. The lowest BCUT2D eigenvalue weighted by Gasteiger charge is -2.41. The van der Waals surface area contributed by atoms with E-state index in [0.717, 1.165) is 68.6 Å². The molecule has 1 amide bonds. The van der Waals surface area contributed by atoms with Gasteiger partial charge in [0.1, 0.15) is 13.9 Å². The Morgan fingerprint density at radius 3 is 2.23 bits per heavy atom. The van der Waals surface area contributed by atoms with Gasteiger partial charge in [-0.2, -0.15) is 9.97 Å². The van der Waals surface area contributed by atoms with Crippen molar-refractivity contribution >= 4 is 30.8 Å². The molecule has 2 aliphatic carbocycles. The van der Waals surface area contributed by atoms with Crippen molar-refractivity contribution in [3.05, 3.63) is 58.8 Å². The first kappa shape index (κ1) is 36.7. The maximum absolute atomic E-state index is 12.1. The lowest BCUT2D eigenvalue weighted by molar-refractivity contribution is 0.114. The Balaban J connectivity index is 1.25. The van der Waals surface area contributed by atoms with Crippen LogP contribution in [0.1, 0.15) is 102 Å². The van der Waals surface area contributed by atoms with Gasteiger partial charge in [-0.3, -0.25) is 4.90 Å². The lowest BCUT2D eigenvalue weighted by Crippen LogP contribution is -2.56. The zero-order chi connectivity index (χ0) is 36.9. The maximum atomic E-state index is 12.1. The zero-order valence-corrected chi connectivity index (χ0v) is 33.7. The van der Waals surface area contributed by atoms with Crippen LogP contribution in [0.15, 0.2) is 36.4 Å². The molecule has 1 saturated carbocycles. The summed E-state index contributed by atoms with van der Waals surface area (Å²) < 4.78 is 6.52. The van der Waals surface area contributed by atoms with Crippen LogP contribution in [0.2, 0.25) is 16.6 Å². The van der Waals surface area contributed by atoms with Gasteiger partial charge in [-0.15, -0.1) is 5.54 Å². The predicted octanol–water partition coefficient (Wildman–Crippen LogP) is 8.52. The van der Waals surface area contributed by atoms with Crippen molar-refractivity contribution in [2.24, 2.45) is 5.41 Å². The van der Waals surface area contributed by atoms with E-state index < -0.39 is 14.2 Å². The average Bonchev–Trinajstić information content (AvgIpc) is 3.80. The molecular weight excluding hydrogens is 663 g/mol. The van der Waals surface area contributed by atoms with Gasteiger partial charge in [-0.1, -0.05) is 77.8 Å². The van der Waals surface area contributed by atoms with Crippen molar-refractivity contribution in [2.75, 3.05) is 45.2 Å². The third-order valence-electron chi connectivity index (χ3n) is 13.0. The van der Waals surface area contributed by atoms with Gasteiger partial charge < -0.3 is 19.6 Å². The molecule has 1 aromatic heterocycles. The van der Waals surface area contributed by atoms with Gasteiger partial charge in [-0.05, 0) is 98.6 Å². The average molecular weight is 722 g/mol. The molecule has 2 aliphatic heterocycles. The Labute approximate surface area is 312 Å². The lowest BCUT2D eigenvalue weighted by atomic mass is 9.80. The first-order valence-electron chi connectivity index (χ1n) is 19.8. The molecular formula is C43H59N5O3Si. The quantitative estimate of drug-likeness (QED) is 0.166. The molecule has 3 heterocycles. The van der Waals surface area contributed by atoms with E-state index in [0.29, 0.717) is 48.2 Å². The van der Waals surface area contributed by atoms with Gasteiger partial charge >= 0.3 is 12.1 Å². The van der Waals surface area contributed by atoms with E-state index in [-0.39, 0.29) is 17.5 Å². The fourth-order valence-electron chi connectivity index (χ4n) is 10.4. The van der Waals surface area contributed by atoms with Crippen LogP contribution in [0.4, 0.5) is 10.6 Å². The summed E-state index contributed by atoms with van der Waals surface area (Å²) in [6.45, 7) is 17.2. The highest BCUT2D eigenvalue weighted by Crippen LogP contribution is 2.47. The number of piperazine rings is 1. The Morgan fingerprint density at radius 1 is 0.981 bits per heavy atom. The largest absolute Gasteiger partial charge is 0.465 e. The van der Waals surface area contributed by atoms with Crippen molar-refractivity contribution < 1.29 is 14.6 Å². The third-order valence-corrected chi connectivity index (χ3v) is 19.3. The molecule has 9 heteroatoms. The second-order valence-corrected chi connectivity index (χ2v) is 23.2. The Morgan fingerprint density at radius 2 is 1.63 bits per heavy atom. The van der Waals surface area contributed by atoms with Gasteiger partial charge in [-0.25, -0.2) is 4.79 Å². The van der Waals surface area contributed by atoms with Crippen molar-refractivity contribution in [2.45, 2.75) is 121 Å². The molecule has 2 saturated heterocycles. The highest BCUT2D eigenvalue weighted by Gasteiger charge is 2.46. The van der Waals surface area contributed by atoms with Crippen LogP contribution >= 0.6 is 0 Å². The highest BCUT2D eigenvalue weighted by atomic mass is 28.3. The van der Waals surface area contributed by atoms with E-state index in [1.807, 2.05) is 0 Å². The van der Waals surface area contributed by atoms with E-state index in [1.165, 1.54) is 21.9 Å². The molecule has 8 nitrogen and oxygen atoms in total. The maximum Gasteiger partial charge on any atom is 0.407 e. The third kappa shape index (κ3) is 6.82. The summed E-state index contributed by atoms with van der Waals surface area (Å²) in [4.78, 5) is 28.7. The first-order valence-corrected chi connectivity index (χ1v) is 22.0. The molecule has 3 fully saturated rings. The van der Waals surface area contributed by atoms with Crippen molar-refractivity contribution in [3.8, 4) is 17.5 Å². The first-order chi connectivity index (χ1) is 24.8. The standard InChI is InChI=1S/C43H59N5O3Si/c1-28(2)52(29(3)4,30(5)6)22-19-32-12-9-11-31-13-10-14-36(39(31)32)33-15-18-37-38(23-33)44-41(51-27-43(20-21-43)26-46(7)8)45-40(37)47-24-34-16-17-35(25-47)48(34)42(49)50/h9-14,28-30,33-35H,15-18,20-21,23-27H2,1-8H3,(H,49,50). The second kappa shape index (κ2) is 14.3. The number of aromatic nitrogens is 2. The van der Waals surface area contributed by atoms with Gasteiger partial charge in [0.05, 0.1) is 24.4 Å². The van der Waals surface area contributed by atoms with Crippen LogP contribution in [0, 0.1) is 16.9 Å². The van der Waals surface area contributed by atoms with Gasteiger partial charge in [0.2, 0.25) is 0 Å². The van der Waals surface area contributed by atoms with Gasteiger partial charge in [0.25, 0.3) is 0 Å². The number of ether oxygens (including phenoxy) is 1. The number of carbonyl (C=O) groups is 1. The molecule has 7 rings (SSSR count). The topological polar surface area (TPSA) is 82.0 Å². The molecule has 2 aromatic carbocycles. The van der Waals surface area contributed by atoms with E-state index >= 15 is 0 Å². The predicted molar refractivity (Wildman–Crippen MR) is 213 cm³/mol. The second-order valence-electron chi connectivity index (χ2n) is 17.6. The molecule has 2 bridgehead atoms. The number of anilines is 1. The summed E-state index contributed by atoms with van der Waals surface area (Å²) in [7, 11) is 2.34. The SMILES string of the molecule is CC(C)[Si](C#Cc1cccc2cccc(C3CCc4c(nc(OCC5(CN(C)C)CC5)nc4N4CC5CCC(C4)N5C(=O)O)C3)c12)(C(C)C)C(C)C. The van der Waals surface area contributed by atoms with Crippen LogP contribution in [0.5, 0.6) is 6.01 Å². The highest BCUT2D eigenvalue weighted by molar-refractivity contribution is 6.90. The van der Waals surface area contributed by atoms with E-state index in [9.17, 15) is 9.90 Å². The smallest absolute Gasteiger partial charge is 0.407 e. The Kier molecular flexibility index (Phi) is 10.1. The van der Waals surface area contributed by atoms with Crippen LogP contribution in [-0.2, 0) is 12.8 Å². The van der Waals surface area contributed by atoms with E-state index in [2.05, 4.69) is 113 Å². The molecule has 3 aromatic rings. The summed E-state index contributed by atoms with van der Waals surface area (Å²) in [5, 5.41) is 12.5. The molecule has 278 valence electrons. The molecule has 3 unspecified atom stereocenters. The molecule has 1 N–H and O–H groups in total. The number of hydrogen-bond acceptors (Lipinski definition) is 6. The number of carboxylic acid groups (broad SMARTS) is 1. The summed E-state index contributed by atoms with van der Waals surface area (Å²) in [6, 6.07) is 13.9. The summed E-state index contributed by atoms with van der Waals surface area (Å²) in [5.41, 5.74) is 10.7. The summed E-state index contributed by atoms with van der Waals surface area (Å²) in [6.07, 6.45) is 6.02. The van der Waals surface area contributed by atoms with Crippen LogP contribution in [0.3, 0.4) is 0 Å². The molecule has 52 heavy (non-hydrogen) atoms. The van der Waals surface area contributed by atoms with Crippen molar-refractivity contribution in [1.82, 2.24) is 19.8 Å². The molecule has 0 radical (unpaired) electrons. The molecule has 4 aliphatic rings. The van der Waals surface area contributed by atoms with Crippen LogP contribution in [0.25, 0.3) is 10.8 Å². The summed E-state index contributed by atoms with van der Waals surface area (Å²) in [5.74, 6) is 5.07. The van der Waals surface area contributed by atoms with Crippen molar-refractivity contribution in [1.29, 1.82) is 0 Å². The Bertz CT molecular complexity index is 1830. The minimum atomic E-state index is -1.91. The molecule has 0 spiro atoms. The normalized spacial score (nSPS) is 22.3. The Hall–Kier alpha value is -3.61. The molecule has 3 atom stereocenters. The fourth-order valence-corrected chi connectivity index (χ4v) is 15.6. The van der Waals surface area contributed by atoms with Crippen LogP contribution in [-0.4, -0.2) is 91.5 Å². The number of nitrogens with zero attached hydrogens (tertiary/aromatic N) is 5. The minimum Gasteiger partial charge on any atom is -0.465 e. The number of amides is 1. The van der Waals surface area contributed by atoms with Gasteiger partial charge in [0.15, 0.2) is 0 Å². The van der Waals surface area contributed by atoms with E-state index in [1.54, 1.807) is 4.90 Å².